The van der Waals surface area contributed by atoms with Gasteiger partial charge in [0.1, 0.15) is 0 Å². The molecule has 2 amide bonds. The number of ether oxygens (including phenoxy) is 1. The number of morpholine rings is 1. The SMILES string of the molecule is CCC1CN(C(=O)NCCS(=O)(=O)c2ccc(Cl)cc2)CC(C)O1. The number of carbonyl (C=O) groups excluding carboxylic acids is 1. The fourth-order valence-electron chi connectivity index (χ4n) is 2.60. The highest BCUT2D eigenvalue weighted by Crippen LogP contribution is 2.16. The first-order chi connectivity index (χ1) is 11.3. The number of carbonyl (C=O) groups is 1. The van der Waals surface area contributed by atoms with Gasteiger partial charge in [0.25, 0.3) is 0 Å². The van der Waals surface area contributed by atoms with Gasteiger partial charge in [-0.15, -0.1) is 0 Å². The minimum Gasteiger partial charge on any atom is -0.372 e. The Morgan fingerprint density at radius 2 is 2.00 bits per heavy atom. The molecule has 6 nitrogen and oxygen atoms in total. The van der Waals surface area contributed by atoms with Crippen LogP contribution in [0.25, 0.3) is 0 Å². The maximum Gasteiger partial charge on any atom is 0.317 e. The summed E-state index contributed by atoms with van der Waals surface area (Å²) in [5.74, 6) is -0.155. The molecule has 1 aliphatic heterocycles. The molecule has 2 atom stereocenters. The van der Waals surface area contributed by atoms with Gasteiger partial charge >= 0.3 is 6.03 Å². The summed E-state index contributed by atoms with van der Waals surface area (Å²) in [6, 6.07) is 5.75. The molecule has 0 spiro atoms. The van der Waals surface area contributed by atoms with Crippen LogP contribution in [0.5, 0.6) is 0 Å². The predicted octanol–water partition coefficient (Wildman–Crippen LogP) is 2.32. The summed E-state index contributed by atoms with van der Waals surface area (Å²) in [7, 11) is -3.45. The van der Waals surface area contributed by atoms with Crippen molar-refractivity contribution in [2.45, 2.75) is 37.4 Å². The lowest BCUT2D eigenvalue weighted by Gasteiger charge is -2.36. The highest BCUT2D eigenvalue weighted by atomic mass is 35.5. The third-order valence-corrected chi connectivity index (χ3v) is 5.87. The number of nitrogens with one attached hydrogen (secondary N) is 1. The third-order valence-electron chi connectivity index (χ3n) is 3.89. The molecule has 1 saturated heterocycles. The molecule has 1 fully saturated rings. The van der Waals surface area contributed by atoms with Crippen LogP contribution in [0.3, 0.4) is 0 Å². The summed E-state index contributed by atoms with van der Waals surface area (Å²) in [5.41, 5.74) is 0. The van der Waals surface area contributed by atoms with E-state index in [1.54, 1.807) is 4.90 Å². The van der Waals surface area contributed by atoms with Crippen LogP contribution in [0.4, 0.5) is 4.79 Å². The van der Waals surface area contributed by atoms with Gasteiger partial charge in [0.05, 0.1) is 22.9 Å². The Hall–Kier alpha value is -1.31. The van der Waals surface area contributed by atoms with E-state index in [4.69, 9.17) is 16.3 Å². The molecule has 1 aromatic carbocycles. The second kappa shape index (κ2) is 8.18. The van der Waals surface area contributed by atoms with Crippen LogP contribution in [-0.4, -0.2) is 56.9 Å². The molecule has 0 bridgehead atoms. The van der Waals surface area contributed by atoms with Gasteiger partial charge in [0, 0.05) is 24.7 Å². The quantitative estimate of drug-likeness (QED) is 0.858. The highest BCUT2D eigenvalue weighted by Gasteiger charge is 2.27. The van der Waals surface area contributed by atoms with E-state index in [9.17, 15) is 13.2 Å². The fraction of sp³-hybridized carbons (Fsp3) is 0.562. The maximum atomic E-state index is 12.2. The summed E-state index contributed by atoms with van der Waals surface area (Å²) in [6.45, 7) is 5.03. The largest absolute Gasteiger partial charge is 0.372 e. The second-order valence-corrected chi connectivity index (χ2v) is 8.43. The maximum absolute atomic E-state index is 12.2. The van der Waals surface area contributed by atoms with Crippen LogP contribution in [0.15, 0.2) is 29.2 Å². The fourth-order valence-corrected chi connectivity index (χ4v) is 3.88. The summed E-state index contributed by atoms with van der Waals surface area (Å²) in [5, 5.41) is 3.16. The normalized spacial score (nSPS) is 21.5. The van der Waals surface area contributed by atoms with Gasteiger partial charge in [-0.25, -0.2) is 13.2 Å². The lowest BCUT2D eigenvalue weighted by molar-refractivity contribution is -0.0645. The first kappa shape index (κ1) is 19.0. The van der Waals surface area contributed by atoms with Gasteiger partial charge in [-0.1, -0.05) is 18.5 Å². The molecule has 1 aromatic rings. The first-order valence-corrected chi connectivity index (χ1v) is 10.0. The molecule has 0 aliphatic carbocycles. The summed E-state index contributed by atoms with van der Waals surface area (Å²) >= 11 is 5.76. The van der Waals surface area contributed by atoms with Crippen molar-refractivity contribution in [2.24, 2.45) is 0 Å². The van der Waals surface area contributed by atoms with Crippen molar-refractivity contribution in [3.8, 4) is 0 Å². The molecule has 24 heavy (non-hydrogen) atoms. The highest BCUT2D eigenvalue weighted by molar-refractivity contribution is 7.91. The van der Waals surface area contributed by atoms with E-state index >= 15 is 0 Å². The first-order valence-electron chi connectivity index (χ1n) is 7.98. The summed E-state index contributed by atoms with van der Waals surface area (Å²) in [4.78, 5) is 14.1. The lowest BCUT2D eigenvalue weighted by atomic mass is 10.2. The Balaban J connectivity index is 1.86. The molecular weight excluding hydrogens is 352 g/mol. The number of nitrogens with zero attached hydrogens (tertiary/aromatic N) is 1. The number of halogens is 1. The van der Waals surface area contributed by atoms with Gasteiger partial charge in [-0.05, 0) is 37.6 Å². The number of hydrogen-bond donors (Lipinski definition) is 1. The van der Waals surface area contributed by atoms with Gasteiger partial charge < -0.3 is 15.0 Å². The average Bonchev–Trinajstić information content (AvgIpc) is 2.54. The summed E-state index contributed by atoms with van der Waals surface area (Å²) < 4.78 is 30.2. The summed E-state index contributed by atoms with van der Waals surface area (Å²) in [6.07, 6.45) is 0.837. The van der Waals surface area contributed by atoms with Crippen molar-refractivity contribution in [3.05, 3.63) is 29.3 Å². The molecular formula is C16H23ClN2O4S. The van der Waals surface area contributed by atoms with Crippen LogP contribution in [-0.2, 0) is 14.6 Å². The van der Waals surface area contributed by atoms with E-state index in [1.165, 1.54) is 24.3 Å². The van der Waals surface area contributed by atoms with E-state index in [-0.39, 0.29) is 35.4 Å². The predicted molar refractivity (Wildman–Crippen MR) is 93.1 cm³/mol. The molecule has 0 saturated carbocycles. The topological polar surface area (TPSA) is 75.7 Å². The van der Waals surface area contributed by atoms with Crippen LogP contribution in [0.1, 0.15) is 20.3 Å². The van der Waals surface area contributed by atoms with E-state index in [0.29, 0.717) is 18.1 Å². The smallest absolute Gasteiger partial charge is 0.317 e. The molecule has 8 heteroatoms. The molecule has 2 unspecified atom stereocenters. The van der Waals surface area contributed by atoms with E-state index in [0.717, 1.165) is 6.42 Å². The van der Waals surface area contributed by atoms with E-state index in [1.807, 2.05) is 13.8 Å². The monoisotopic (exact) mass is 374 g/mol. The number of hydrogen-bond acceptors (Lipinski definition) is 4. The van der Waals surface area contributed by atoms with Crippen molar-refractivity contribution >= 4 is 27.5 Å². The van der Waals surface area contributed by atoms with Gasteiger partial charge in [-0.3, -0.25) is 0 Å². The molecule has 0 aromatic heterocycles. The van der Waals surface area contributed by atoms with Crippen molar-refractivity contribution in [1.29, 1.82) is 0 Å². The van der Waals surface area contributed by atoms with Crippen molar-refractivity contribution in [2.75, 3.05) is 25.4 Å². The number of sulfone groups is 1. The third kappa shape index (κ3) is 5.09. The zero-order valence-corrected chi connectivity index (χ0v) is 15.4. The Morgan fingerprint density at radius 3 is 2.62 bits per heavy atom. The molecule has 1 N–H and O–H groups in total. The van der Waals surface area contributed by atoms with Crippen molar-refractivity contribution in [3.63, 3.8) is 0 Å². The van der Waals surface area contributed by atoms with Gasteiger partial charge in [0.15, 0.2) is 9.84 Å². The van der Waals surface area contributed by atoms with Crippen molar-refractivity contribution < 1.29 is 17.9 Å². The van der Waals surface area contributed by atoms with Crippen LogP contribution in [0.2, 0.25) is 5.02 Å². The Kier molecular flexibility index (Phi) is 6.48. The zero-order valence-electron chi connectivity index (χ0n) is 13.9. The van der Waals surface area contributed by atoms with Crippen LogP contribution >= 0.6 is 11.6 Å². The van der Waals surface area contributed by atoms with Crippen molar-refractivity contribution in [1.82, 2.24) is 10.2 Å². The van der Waals surface area contributed by atoms with E-state index in [2.05, 4.69) is 5.32 Å². The minimum absolute atomic E-state index is 0.0211. The lowest BCUT2D eigenvalue weighted by Crippen LogP contribution is -2.52. The Bertz CT molecular complexity index is 663. The van der Waals surface area contributed by atoms with Crippen LogP contribution < -0.4 is 5.32 Å². The minimum atomic E-state index is -3.45. The standard InChI is InChI=1S/C16H23ClN2O4S/c1-3-14-11-19(10-12(2)23-14)16(20)18-8-9-24(21,22)15-6-4-13(17)5-7-15/h4-7,12,14H,3,8-11H2,1-2H3,(H,18,20). The van der Waals surface area contributed by atoms with Gasteiger partial charge in [-0.2, -0.15) is 0 Å². The zero-order chi connectivity index (χ0) is 17.7. The molecule has 0 radical (unpaired) electrons. The number of urea groups is 1. The second-order valence-electron chi connectivity index (χ2n) is 5.89. The Labute approximate surface area is 148 Å². The molecule has 1 heterocycles. The average molecular weight is 375 g/mol. The molecule has 134 valence electrons. The van der Waals surface area contributed by atoms with E-state index < -0.39 is 9.84 Å². The Morgan fingerprint density at radius 1 is 1.33 bits per heavy atom. The number of benzene rings is 1. The number of amides is 2. The molecule has 2 rings (SSSR count). The number of rotatable bonds is 5. The van der Waals surface area contributed by atoms with Crippen LogP contribution in [0, 0.1) is 0 Å². The van der Waals surface area contributed by atoms with Gasteiger partial charge in [0.2, 0.25) is 0 Å². The molecule has 1 aliphatic rings.